The fourth-order valence-corrected chi connectivity index (χ4v) is 1.90. The molecule has 1 nitrogen and oxygen atoms in total. The number of rotatable bonds is 2. The van der Waals surface area contributed by atoms with E-state index in [9.17, 15) is 0 Å². The van der Waals surface area contributed by atoms with Crippen molar-refractivity contribution in [3.63, 3.8) is 0 Å². The van der Waals surface area contributed by atoms with Crippen LogP contribution in [-0.2, 0) is 0 Å². The summed E-state index contributed by atoms with van der Waals surface area (Å²) in [4.78, 5) is 1.59. The molecule has 0 aromatic heterocycles. The first-order chi connectivity index (χ1) is 14.7. The van der Waals surface area contributed by atoms with Crippen molar-refractivity contribution in [1.29, 1.82) is 0 Å². The molecular formula is C29H15N+2. The molecule has 0 N–H and O–H groups in total. The maximum atomic E-state index is 5.13. The van der Waals surface area contributed by atoms with Crippen LogP contribution in [0.5, 0.6) is 0 Å². The first-order valence-electron chi connectivity index (χ1n) is 8.69. The lowest BCUT2D eigenvalue weighted by Crippen LogP contribution is -2.11. The second kappa shape index (κ2) is 14.9. The molecule has 0 fully saturated rings. The summed E-state index contributed by atoms with van der Waals surface area (Å²) < 4.78 is 0. The number of allylic oxidation sites excluding steroid dienone is 2. The summed E-state index contributed by atoms with van der Waals surface area (Å²) >= 11 is 0. The zero-order valence-electron chi connectivity index (χ0n) is 16.6. The molecule has 0 saturated heterocycles. The van der Waals surface area contributed by atoms with Gasteiger partial charge >= 0.3 is 0 Å². The summed E-state index contributed by atoms with van der Waals surface area (Å²) in [6, 6.07) is 13.7. The third-order valence-electron chi connectivity index (χ3n) is 3.07. The van der Waals surface area contributed by atoms with Gasteiger partial charge in [-0.3, -0.25) is 0 Å². The predicted molar refractivity (Wildman–Crippen MR) is 123 cm³/mol. The molecule has 30 heavy (non-hydrogen) atoms. The third-order valence-corrected chi connectivity index (χ3v) is 3.07. The quantitative estimate of drug-likeness (QED) is 0.433. The molecule has 1 aromatic carbocycles. The fraction of sp³-hybridized carbons (Fsp3) is 0.103. The monoisotopic (exact) mass is 377 g/mol. The molecule has 0 amide bonds. The highest BCUT2D eigenvalue weighted by Crippen LogP contribution is 2.26. The van der Waals surface area contributed by atoms with Crippen LogP contribution in [0.1, 0.15) is 25.3 Å². The molecule has 1 heteroatoms. The van der Waals surface area contributed by atoms with Crippen molar-refractivity contribution in [3.05, 3.63) is 55.1 Å². The van der Waals surface area contributed by atoms with E-state index in [0.717, 1.165) is 11.3 Å². The average molecular weight is 377 g/mol. The summed E-state index contributed by atoms with van der Waals surface area (Å²) in [5.41, 5.74) is 1.96. The number of hydrogen-bond donors (Lipinski definition) is 0. The van der Waals surface area contributed by atoms with E-state index in [1.165, 1.54) is 12.2 Å². The van der Waals surface area contributed by atoms with Gasteiger partial charge in [0.15, 0.2) is 11.8 Å². The molecule has 0 atom stereocenters. The number of para-hydroxylation sites is 1. The summed E-state index contributed by atoms with van der Waals surface area (Å²) in [7, 11) is 0. The Morgan fingerprint density at radius 1 is 0.667 bits per heavy atom. The molecule has 0 aliphatic rings. The number of anilines is 1. The minimum atomic E-state index is 0.289. The van der Waals surface area contributed by atoms with Gasteiger partial charge in [0.25, 0.3) is 0 Å². The first kappa shape index (κ1) is 22.8. The Morgan fingerprint density at radius 3 is 1.57 bits per heavy atom. The van der Waals surface area contributed by atoms with Crippen molar-refractivity contribution in [2.24, 2.45) is 0 Å². The maximum absolute atomic E-state index is 5.13. The molecule has 0 aliphatic carbocycles. The van der Waals surface area contributed by atoms with Gasteiger partial charge in [-0.15, -0.1) is 0 Å². The van der Waals surface area contributed by atoms with Crippen LogP contribution in [0.3, 0.4) is 0 Å². The van der Waals surface area contributed by atoms with Gasteiger partial charge in [-0.2, -0.15) is 0 Å². The lowest BCUT2D eigenvalue weighted by molar-refractivity contribution is 0.865. The van der Waals surface area contributed by atoms with Gasteiger partial charge in [-0.05, 0) is 17.5 Å². The van der Waals surface area contributed by atoms with E-state index >= 15 is 0 Å². The number of hydrogen-bond acceptors (Lipinski definition) is 1. The molecular weight excluding hydrogens is 362 g/mol. The summed E-state index contributed by atoms with van der Waals surface area (Å²) in [5.74, 6) is 36.5. The van der Waals surface area contributed by atoms with Crippen molar-refractivity contribution in [1.82, 2.24) is 0 Å². The Morgan fingerprint density at radius 2 is 1.10 bits per heavy atom. The highest BCUT2D eigenvalue weighted by molar-refractivity contribution is 5.64. The fourth-order valence-electron chi connectivity index (χ4n) is 1.90. The molecule has 0 spiro atoms. The van der Waals surface area contributed by atoms with Crippen LogP contribution in [0.25, 0.3) is 0 Å². The Bertz CT molecular complexity index is 1210. The molecule has 1 aromatic rings. The highest BCUT2D eigenvalue weighted by Gasteiger charge is 2.09. The smallest absolute Gasteiger partial charge is 0.222 e. The standard InChI is InChI=1S/C29H15N/c1-5-7-9-11-13-15-17-21-25-30(26-22-18-16-14-12-10-8-6-2)29-24-20-19-23-28(29)27(3)4/h1-2,5-6,19-20,23-24,27H,3-4H3/q+2. The minimum Gasteiger partial charge on any atom is -0.226 e. The van der Waals surface area contributed by atoms with E-state index in [4.69, 9.17) is 13.2 Å². The van der Waals surface area contributed by atoms with Crippen molar-refractivity contribution in [2.75, 3.05) is 4.90 Å². The van der Waals surface area contributed by atoms with Gasteiger partial charge in [0.1, 0.15) is 11.8 Å². The minimum absolute atomic E-state index is 0.289. The van der Waals surface area contributed by atoms with E-state index in [1.807, 2.05) is 24.3 Å². The van der Waals surface area contributed by atoms with Crippen LogP contribution in [0.4, 0.5) is 5.69 Å². The first-order valence-corrected chi connectivity index (χ1v) is 8.69. The van der Waals surface area contributed by atoms with E-state index in [2.05, 4.69) is 109 Å². The molecule has 0 unspecified atom stereocenters. The van der Waals surface area contributed by atoms with Crippen LogP contribution in [0.15, 0.2) is 36.4 Å². The van der Waals surface area contributed by atoms with E-state index < -0.39 is 0 Å². The van der Waals surface area contributed by atoms with Crippen molar-refractivity contribution in [3.8, 4) is 95.0 Å². The van der Waals surface area contributed by atoms with Crippen molar-refractivity contribution >= 4 is 5.69 Å². The topological polar surface area (TPSA) is 3.24 Å². The third kappa shape index (κ3) is 9.48. The summed E-state index contributed by atoms with van der Waals surface area (Å²) in [5, 5.41) is 0. The SMILES string of the molecule is [CH+]=CC#CC#CC#CC#CN(C#CC#CC#CC#CC=[CH+])c1ccccc1C(C)C. The van der Waals surface area contributed by atoms with E-state index in [-0.39, 0.29) is 5.92 Å². The second-order valence-electron chi connectivity index (χ2n) is 5.39. The second-order valence-corrected chi connectivity index (χ2v) is 5.39. The lowest BCUT2D eigenvalue weighted by Gasteiger charge is -2.16. The van der Waals surface area contributed by atoms with Crippen molar-refractivity contribution < 1.29 is 0 Å². The zero-order chi connectivity index (χ0) is 21.9. The van der Waals surface area contributed by atoms with E-state index in [0.29, 0.717) is 0 Å². The maximum Gasteiger partial charge on any atom is 0.222 e. The van der Waals surface area contributed by atoms with Crippen LogP contribution in [0.2, 0.25) is 0 Å². The van der Waals surface area contributed by atoms with Crippen LogP contribution >= 0.6 is 0 Å². The van der Waals surface area contributed by atoms with Gasteiger partial charge in [-0.25, -0.2) is 4.90 Å². The molecule has 0 radical (unpaired) electrons. The summed E-state index contributed by atoms with van der Waals surface area (Å²) in [6.45, 7) is 14.5. The van der Waals surface area contributed by atoms with Crippen LogP contribution < -0.4 is 4.90 Å². The molecule has 0 bridgehead atoms. The Balaban J connectivity index is 3.20. The Labute approximate surface area is 180 Å². The van der Waals surface area contributed by atoms with Gasteiger partial charge in [0.2, 0.25) is 12.2 Å². The van der Waals surface area contributed by atoms with Crippen molar-refractivity contribution in [2.45, 2.75) is 19.8 Å². The Hall–Kier alpha value is -5.20. The number of nitrogens with zero attached hydrogens (tertiary/aromatic N) is 1. The molecule has 0 saturated carbocycles. The molecule has 0 heterocycles. The molecule has 0 aliphatic heterocycles. The molecule has 1 rings (SSSR count). The normalized spacial score (nSPS) is 6.70. The highest BCUT2D eigenvalue weighted by atomic mass is 15.1. The van der Waals surface area contributed by atoms with Gasteiger partial charge in [0.05, 0.1) is 18.8 Å². The Kier molecular flexibility index (Phi) is 11.4. The van der Waals surface area contributed by atoms with Gasteiger partial charge in [0, 0.05) is 71.3 Å². The predicted octanol–water partition coefficient (Wildman–Crippen LogP) is 3.54. The molecule has 134 valence electrons. The zero-order valence-corrected chi connectivity index (χ0v) is 16.6. The average Bonchev–Trinajstić information content (AvgIpc) is 2.76. The summed E-state index contributed by atoms with van der Waals surface area (Å²) in [6.07, 6.45) is 2.43. The van der Waals surface area contributed by atoms with Gasteiger partial charge in [-0.1, -0.05) is 32.0 Å². The van der Waals surface area contributed by atoms with E-state index in [1.54, 1.807) is 4.90 Å². The lowest BCUT2D eigenvalue weighted by atomic mass is 10.0. The number of benzene rings is 1. The van der Waals surface area contributed by atoms with Crippen LogP contribution in [-0.4, -0.2) is 0 Å². The largest absolute Gasteiger partial charge is 0.226 e. The van der Waals surface area contributed by atoms with Crippen LogP contribution in [0, 0.1) is 108 Å². The van der Waals surface area contributed by atoms with Gasteiger partial charge < -0.3 is 0 Å².